The van der Waals surface area contributed by atoms with E-state index in [1.807, 2.05) is 0 Å². The van der Waals surface area contributed by atoms with Gasteiger partial charge in [0.05, 0.1) is 18.5 Å². The van der Waals surface area contributed by atoms with Crippen LogP contribution in [0.15, 0.2) is 0 Å². The molecule has 0 aromatic heterocycles. The molecule has 0 aliphatic heterocycles. The Morgan fingerprint density at radius 2 is 2.14 bits per heavy atom. The molecule has 86 valence electrons. The van der Waals surface area contributed by atoms with Crippen LogP contribution in [0, 0.1) is 0 Å². The average Bonchev–Trinajstić information content (AvgIpc) is 2.04. The van der Waals surface area contributed by atoms with Gasteiger partial charge in [0.25, 0.3) is 0 Å². The van der Waals surface area contributed by atoms with Gasteiger partial charge in [0.2, 0.25) is 10.0 Å². The molecule has 7 heteroatoms. The Balaban J connectivity index is 4.12. The van der Waals surface area contributed by atoms with Gasteiger partial charge in [0.1, 0.15) is 0 Å². The van der Waals surface area contributed by atoms with E-state index in [-0.39, 0.29) is 25.4 Å². The van der Waals surface area contributed by atoms with E-state index in [1.165, 1.54) is 14.2 Å². The number of hydrogen-bond acceptors (Lipinski definition) is 5. The summed E-state index contributed by atoms with van der Waals surface area (Å²) in [5.41, 5.74) is 5.15. The first-order valence-corrected chi connectivity index (χ1v) is 5.86. The van der Waals surface area contributed by atoms with Crippen LogP contribution >= 0.6 is 0 Å². The molecule has 0 aliphatic carbocycles. The second kappa shape index (κ2) is 6.31. The molecular weight excluding hydrogens is 208 g/mol. The second-order valence-corrected chi connectivity index (χ2v) is 5.19. The number of nitrogens with zero attached hydrogens (tertiary/aromatic N) is 1. The zero-order valence-corrected chi connectivity index (χ0v) is 9.33. The molecule has 0 spiro atoms. The van der Waals surface area contributed by atoms with Crippen molar-refractivity contribution in [1.29, 1.82) is 0 Å². The zero-order chi connectivity index (χ0) is 11.2. The number of ether oxygens (including phenoxy) is 1. The predicted molar refractivity (Wildman–Crippen MR) is 53.4 cm³/mol. The first-order chi connectivity index (χ1) is 6.44. The Kier molecular flexibility index (Phi) is 6.21. The van der Waals surface area contributed by atoms with E-state index in [0.29, 0.717) is 0 Å². The first kappa shape index (κ1) is 13.8. The number of aliphatic hydroxyl groups is 1. The lowest BCUT2D eigenvalue weighted by atomic mass is 10.4. The van der Waals surface area contributed by atoms with Crippen molar-refractivity contribution in [3.05, 3.63) is 0 Å². The van der Waals surface area contributed by atoms with Crippen LogP contribution in [0.1, 0.15) is 0 Å². The molecule has 0 saturated heterocycles. The number of hydrogen-bond donors (Lipinski definition) is 2. The lowest BCUT2D eigenvalue weighted by Crippen LogP contribution is -2.38. The van der Waals surface area contributed by atoms with Gasteiger partial charge >= 0.3 is 0 Å². The van der Waals surface area contributed by atoms with E-state index in [9.17, 15) is 13.5 Å². The van der Waals surface area contributed by atoms with E-state index in [1.54, 1.807) is 0 Å². The monoisotopic (exact) mass is 226 g/mol. The molecule has 0 aromatic rings. The van der Waals surface area contributed by atoms with Gasteiger partial charge in [-0.1, -0.05) is 0 Å². The van der Waals surface area contributed by atoms with Gasteiger partial charge < -0.3 is 15.6 Å². The highest BCUT2D eigenvalue weighted by molar-refractivity contribution is 7.89. The van der Waals surface area contributed by atoms with Crippen molar-refractivity contribution in [3.8, 4) is 0 Å². The molecule has 0 amide bonds. The van der Waals surface area contributed by atoms with Gasteiger partial charge in [-0.05, 0) is 0 Å². The van der Waals surface area contributed by atoms with E-state index < -0.39 is 16.1 Å². The van der Waals surface area contributed by atoms with Crippen molar-refractivity contribution in [1.82, 2.24) is 4.31 Å². The highest BCUT2D eigenvalue weighted by atomic mass is 32.2. The second-order valence-electron chi connectivity index (χ2n) is 2.99. The van der Waals surface area contributed by atoms with Crippen molar-refractivity contribution in [2.24, 2.45) is 5.73 Å². The molecule has 0 radical (unpaired) electrons. The number of aliphatic hydroxyl groups excluding tert-OH is 1. The van der Waals surface area contributed by atoms with Crippen LogP contribution < -0.4 is 5.73 Å². The van der Waals surface area contributed by atoms with Gasteiger partial charge in [0.15, 0.2) is 0 Å². The van der Waals surface area contributed by atoms with Crippen LogP contribution in [0.5, 0.6) is 0 Å². The molecule has 0 saturated carbocycles. The molecule has 0 rings (SSSR count). The summed E-state index contributed by atoms with van der Waals surface area (Å²) in [5.74, 6) is -0.108. The number of rotatable bonds is 7. The minimum Gasteiger partial charge on any atom is -0.389 e. The van der Waals surface area contributed by atoms with Crippen molar-refractivity contribution < 1.29 is 18.3 Å². The molecule has 1 atom stereocenters. The Hall–Kier alpha value is -0.210. The first-order valence-electron chi connectivity index (χ1n) is 4.25. The molecule has 0 aliphatic rings. The summed E-state index contributed by atoms with van der Waals surface area (Å²) in [6, 6.07) is 0. The van der Waals surface area contributed by atoms with Crippen LogP contribution in [-0.2, 0) is 14.8 Å². The Bertz CT molecular complexity index is 242. The van der Waals surface area contributed by atoms with Gasteiger partial charge in [-0.2, -0.15) is 0 Å². The molecule has 6 nitrogen and oxygen atoms in total. The third-order valence-electron chi connectivity index (χ3n) is 1.68. The van der Waals surface area contributed by atoms with Crippen molar-refractivity contribution in [2.75, 3.05) is 39.6 Å². The van der Waals surface area contributed by atoms with Crippen LogP contribution in [-0.4, -0.2) is 63.5 Å². The van der Waals surface area contributed by atoms with Crippen LogP contribution in [0.4, 0.5) is 0 Å². The number of nitrogens with two attached hydrogens (primary N) is 1. The third-order valence-corrected chi connectivity index (χ3v) is 3.53. The average molecular weight is 226 g/mol. The highest BCUT2D eigenvalue weighted by Crippen LogP contribution is 1.99. The Morgan fingerprint density at radius 3 is 2.57 bits per heavy atom. The number of methoxy groups -OCH3 is 1. The summed E-state index contributed by atoms with van der Waals surface area (Å²) in [6.07, 6.45) is -0.808. The van der Waals surface area contributed by atoms with Crippen molar-refractivity contribution in [2.45, 2.75) is 6.10 Å². The summed E-state index contributed by atoms with van der Waals surface area (Å²) < 4.78 is 28.5. The third kappa shape index (κ3) is 4.87. The lowest BCUT2D eigenvalue weighted by molar-refractivity contribution is 0.0554. The summed E-state index contributed by atoms with van der Waals surface area (Å²) in [4.78, 5) is 0. The maximum Gasteiger partial charge on any atom is 0.215 e. The molecule has 3 N–H and O–H groups in total. The number of likely N-dealkylation sites (N-methyl/N-ethyl adjacent to an activating group) is 1. The highest BCUT2D eigenvalue weighted by Gasteiger charge is 2.19. The lowest BCUT2D eigenvalue weighted by Gasteiger charge is -2.19. The van der Waals surface area contributed by atoms with E-state index in [2.05, 4.69) is 4.74 Å². The maximum absolute atomic E-state index is 11.4. The summed E-state index contributed by atoms with van der Waals surface area (Å²) >= 11 is 0. The summed E-state index contributed by atoms with van der Waals surface area (Å²) in [7, 11) is -0.482. The van der Waals surface area contributed by atoms with Gasteiger partial charge in [0, 0.05) is 27.2 Å². The molecular formula is C7H18N2O4S. The SMILES string of the molecule is COCC(O)CN(C)S(=O)(=O)CCN. The molecule has 1 unspecified atom stereocenters. The summed E-state index contributed by atoms with van der Waals surface area (Å²) in [5, 5.41) is 9.29. The van der Waals surface area contributed by atoms with E-state index >= 15 is 0 Å². The smallest absolute Gasteiger partial charge is 0.215 e. The maximum atomic E-state index is 11.4. The quantitative estimate of drug-likeness (QED) is 0.535. The molecule has 0 fully saturated rings. The Morgan fingerprint density at radius 1 is 1.57 bits per heavy atom. The summed E-state index contributed by atoms with van der Waals surface area (Å²) in [6.45, 7) is 0.214. The fraction of sp³-hybridized carbons (Fsp3) is 1.00. The van der Waals surface area contributed by atoms with Gasteiger partial charge in [-0.3, -0.25) is 0 Å². The van der Waals surface area contributed by atoms with Crippen LogP contribution in [0.2, 0.25) is 0 Å². The standard InChI is InChI=1S/C7H18N2O4S/c1-9(5-7(10)6-13-2)14(11,12)4-3-8/h7,10H,3-6,8H2,1-2H3. The minimum absolute atomic E-state index is 0.0240. The molecule has 0 aromatic carbocycles. The topological polar surface area (TPSA) is 92.9 Å². The van der Waals surface area contributed by atoms with Crippen molar-refractivity contribution in [3.63, 3.8) is 0 Å². The van der Waals surface area contributed by atoms with E-state index in [4.69, 9.17) is 5.73 Å². The van der Waals surface area contributed by atoms with Gasteiger partial charge in [-0.15, -0.1) is 0 Å². The fourth-order valence-electron chi connectivity index (χ4n) is 0.960. The van der Waals surface area contributed by atoms with Crippen molar-refractivity contribution >= 4 is 10.0 Å². The fourth-order valence-corrected chi connectivity index (χ4v) is 1.97. The molecule has 0 bridgehead atoms. The normalized spacial score (nSPS) is 14.6. The van der Waals surface area contributed by atoms with Crippen LogP contribution in [0.3, 0.4) is 0 Å². The number of sulfonamides is 1. The Labute approximate surface area is 84.7 Å². The van der Waals surface area contributed by atoms with E-state index in [0.717, 1.165) is 4.31 Å². The zero-order valence-electron chi connectivity index (χ0n) is 8.51. The predicted octanol–water partition coefficient (Wildman–Crippen LogP) is -1.79. The largest absolute Gasteiger partial charge is 0.389 e. The molecule has 14 heavy (non-hydrogen) atoms. The minimum atomic E-state index is -3.33. The van der Waals surface area contributed by atoms with Crippen LogP contribution in [0.25, 0.3) is 0 Å². The molecule has 0 heterocycles. The van der Waals surface area contributed by atoms with Gasteiger partial charge in [-0.25, -0.2) is 12.7 Å².